The van der Waals surface area contributed by atoms with Gasteiger partial charge in [0.25, 0.3) is 11.8 Å². The van der Waals surface area contributed by atoms with E-state index in [9.17, 15) is 14.4 Å². The lowest BCUT2D eigenvalue weighted by Crippen LogP contribution is -2.30. The molecule has 0 atom stereocenters. The first-order valence-electron chi connectivity index (χ1n) is 11.6. The summed E-state index contributed by atoms with van der Waals surface area (Å²) in [7, 11) is 0. The van der Waals surface area contributed by atoms with E-state index in [1.165, 1.54) is 18.0 Å². The van der Waals surface area contributed by atoms with Crippen LogP contribution < -0.4 is 16.0 Å². The number of pyridine rings is 1. The number of nitrogens with zero attached hydrogens (tertiary/aromatic N) is 1. The normalized spacial score (nSPS) is 11.0. The van der Waals surface area contributed by atoms with Gasteiger partial charge in [-0.15, -0.1) is 11.8 Å². The largest absolute Gasteiger partial charge is 0.321 e. The molecule has 196 valence electrons. The fourth-order valence-corrected chi connectivity index (χ4v) is 4.32. The molecule has 3 aromatic carbocycles. The number of benzene rings is 3. The van der Waals surface area contributed by atoms with Crippen LogP contribution >= 0.6 is 35.0 Å². The third-order valence-electron chi connectivity index (χ3n) is 5.17. The van der Waals surface area contributed by atoms with Gasteiger partial charge in [0.05, 0.1) is 10.8 Å². The van der Waals surface area contributed by atoms with Crippen molar-refractivity contribution in [3.8, 4) is 0 Å². The van der Waals surface area contributed by atoms with Gasteiger partial charge in [-0.05, 0) is 72.3 Å². The van der Waals surface area contributed by atoms with Gasteiger partial charge in [-0.25, -0.2) is 4.98 Å². The van der Waals surface area contributed by atoms with Gasteiger partial charge in [0, 0.05) is 27.4 Å². The maximum Gasteiger partial charge on any atom is 0.272 e. The van der Waals surface area contributed by atoms with Crippen molar-refractivity contribution in [3.05, 3.63) is 124 Å². The highest BCUT2D eigenvalue weighted by Gasteiger charge is 2.15. The molecule has 0 fully saturated rings. The number of nitrogens with one attached hydrogen (secondary N) is 3. The molecule has 0 aliphatic carbocycles. The summed E-state index contributed by atoms with van der Waals surface area (Å²) in [6, 6.07) is 25.8. The average molecular weight is 577 g/mol. The molecule has 0 bridgehead atoms. The number of anilines is 2. The van der Waals surface area contributed by atoms with Gasteiger partial charge < -0.3 is 16.0 Å². The molecule has 0 radical (unpaired) electrons. The van der Waals surface area contributed by atoms with Gasteiger partial charge in [0.2, 0.25) is 5.91 Å². The molecule has 3 amide bonds. The van der Waals surface area contributed by atoms with E-state index in [2.05, 4.69) is 20.9 Å². The predicted molar refractivity (Wildman–Crippen MR) is 157 cm³/mol. The molecule has 7 nitrogen and oxygen atoms in total. The van der Waals surface area contributed by atoms with Crippen LogP contribution in [0.3, 0.4) is 0 Å². The van der Waals surface area contributed by atoms with Gasteiger partial charge >= 0.3 is 0 Å². The molecule has 4 rings (SSSR count). The third kappa shape index (κ3) is 8.71. The molecule has 4 aromatic rings. The SMILES string of the molecule is O=C(CSc1ccc(NC(=O)/C(=C/c2cccc(Cl)c2)NC(=O)c2ccccc2)cc1)Nc1ccc(Cl)cn1. The first-order chi connectivity index (χ1) is 18.9. The number of thioether (sulfide) groups is 1. The van der Waals surface area contributed by atoms with Gasteiger partial charge in [0.1, 0.15) is 11.5 Å². The van der Waals surface area contributed by atoms with Crippen molar-refractivity contribution in [2.24, 2.45) is 0 Å². The summed E-state index contributed by atoms with van der Waals surface area (Å²) >= 11 is 13.2. The quantitative estimate of drug-likeness (QED) is 0.155. The number of carbonyl (C=O) groups excluding carboxylic acids is 3. The van der Waals surface area contributed by atoms with E-state index in [0.29, 0.717) is 32.7 Å². The monoisotopic (exact) mass is 576 g/mol. The minimum Gasteiger partial charge on any atom is -0.321 e. The van der Waals surface area contributed by atoms with Gasteiger partial charge in [-0.2, -0.15) is 0 Å². The molecule has 1 aromatic heterocycles. The topological polar surface area (TPSA) is 100 Å². The molecule has 39 heavy (non-hydrogen) atoms. The molecule has 0 aliphatic heterocycles. The fourth-order valence-electron chi connectivity index (χ4n) is 3.32. The Morgan fingerprint density at radius 3 is 2.28 bits per heavy atom. The first kappa shape index (κ1) is 27.9. The van der Waals surface area contributed by atoms with E-state index in [-0.39, 0.29) is 17.4 Å². The van der Waals surface area contributed by atoms with Gasteiger partial charge in [0.15, 0.2) is 0 Å². The van der Waals surface area contributed by atoms with Crippen LogP contribution in [0.25, 0.3) is 6.08 Å². The van der Waals surface area contributed by atoms with Crippen LogP contribution in [0.2, 0.25) is 10.0 Å². The van der Waals surface area contributed by atoms with Crippen molar-refractivity contribution in [2.75, 3.05) is 16.4 Å². The molecule has 0 aliphatic rings. The van der Waals surface area contributed by atoms with Crippen LogP contribution in [-0.4, -0.2) is 28.5 Å². The number of aromatic nitrogens is 1. The lowest BCUT2D eigenvalue weighted by atomic mass is 10.1. The van der Waals surface area contributed by atoms with E-state index in [4.69, 9.17) is 23.2 Å². The fraction of sp³-hybridized carbons (Fsp3) is 0.0345. The number of carbonyl (C=O) groups is 3. The van der Waals surface area contributed by atoms with Gasteiger partial charge in [-0.1, -0.05) is 53.5 Å². The van der Waals surface area contributed by atoms with Crippen molar-refractivity contribution >= 4 is 70.3 Å². The summed E-state index contributed by atoms with van der Waals surface area (Å²) in [6.45, 7) is 0. The van der Waals surface area contributed by atoms with Crippen molar-refractivity contribution in [2.45, 2.75) is 4.90 Å². The molecule has 3 N–H and O–H groups in total. The maximum atomic E-state index is 13.2. The smallest absolute Gasteiger partial charge is 0.272 e. The van der Waals surface area contributed by atoms with Crippen molar-refractivity contribution < 1.29 is 14.4 Å². The predicted octanol–water partition coefficient (Wildman–Crippen LogP) is 6.53. The zero-order valence-corrected chi connectivity index (χ0v) is 22.7. The standard InChI is InChI=1S/C29H22Cl2N4O3S/c30-21-8-4-5-19(15-21)16-25(34-28(37)20-6-2-1-3-7-20)29(38)33-23-10-12-24(13-11-23)39-18-27(36)35-26-14-9-22(31)17-32-26/h1-17H,18H2,(H,33,38)(H,34,37)(H,32,35,36)/b25-16-. The summed E-state index contributed by atoms with van der Waals surface area (Å²) < 4.78 is 0. The Morgan fingerprint density at radius 1 is 0.821 bits per heavy atom. The van der Waals surface area contributed by atoms with Crippen LogP contribution in [0.4, 0.5) is 11.5 Å². The molecule has 10 heteroatoms. The van der Waals surface area contributed by atoms with E-state index < -0.39 is 11.8 Å². The second-order valence-corrected chi connectivity index (χ2v) is 10.0. The Kier molecular flexibility index (Phi) is 9.74. The molecular formula is C29H22Cl2N4O3S. The van der Waals surface area contributed by atoms with Crippen LogP contribution in [0, 0.1) is 0 Å². The van der Waals surface area contributed by atoms with E-state index in [1.807, 2.05) is 0 Å². The first-order valence-corrected chi connectivity index (χ1v) is 13.4. The van der Waals surface area contributed by atoms with E-state index >= 15 is 0 Å². The summed E-state index contributed by atoms with van der Waals surface area (Å²) in [5.74, 6) is -0.540. The van der Waals surface area contributed by atoms with Crippen molar-refractivity contribution in [3.63, 3.8) is 0 Å². The molecule has 0 unspecified atom stereocenters. The summed E-state index contributed by atoms with van der Waals surface area (Å²) in [4.78, 5) is 43.0. The summed E-state index contributed by atoms with van der Waals surface area (Å²) in [5.41, 5.74) is 1.64. The van der Waals surface area contributed by atoms with Gasteiger partial charge in [-0.3, -0.25) is 14.4 Å². The Hall–Kier alpha value is -4.11. The van der Waals surface area contributed by atoms with Crippen LogP contribution in [0.15, 0.2) is 108 Å². The average Bonchev–Trinajstić information content (AvgIpc) is 2.94. The highest BCUT2D eigenvalue weighted by molar-refractivity contribution is 8.00. The molecule has 0 saturated carbocycles. The Labute approximate surface area is 239 Å². The Morgan fingerprint density at radius 2 is 1.59 bits per heavy atom. The Bertz CT molecular complexity index is 1500. The lowest BCUT2D eigenvalue weighted by Gasteiger charge is -2.12. The van der Waals surface area contributed by atoms with E-state index in [0.717, 1.165) is 4.90 Å². The van der Waals surface area contributed by atoms with Crippen molar-refractivity contribution in [1.29, 1.82) is 0 Å². The number of halogens is 2. The second kappa shape index (κ2) is 13.6. The minimum atomic E-state index is -0.505. The highest BCUT2D eigenvalue weighted by Crippen LogP contribution is 2.21. The molecule has 0 saturated heterocycles. The van der Waals surface area contributed by atoms with Crippen LogP contribution in [0.1, 0.15) is 15.9 Å². The third-order valence-corrected chi connectivity index (χ3v) is 6.64. The highest BCUT2D eigenvalue weighted by atomic mass is 35.5. The summed E-state index contributed by atoms with van der Waals surface area (Å²) in [5, 5.41) is 9.19. The zero-order valence-electron chi connectivity index (χ0n) is 20.4. The molecular weight excluding hydrogens is 555 g/mol. The second-order valence-electron chi connectivity index (χ2n) is 8.11. The Balaban J connectivity index is 1.40. The number of hydrogen-bond donors (Lipinski definition) is 3. The summed E-state index contributed by atoms with van der Waals surface area (Å²) in [6.07, 6.45) is 3.01. The number of hydrogen-bond acceptors (Lipinski definition) is 5. The number of rotatable bonds is 9. The zero-order chi connectivity index (χ0) is 27.6. The number of amides is 3. The molecule has 1 heterocycles. The minimum absolute atomic E-state index is 0.0528. The van der Waals surface area contributed by atoms with E-state index in [1.54, 1.807) is 97.1 Å². The lowest BCUT2D eigenvalue weighted by molar-refractivity contribution is -0.114. The maximum absolute atomic E-state index is 13.2. The van der Waals surface area contributed by atoms with Crippen molar-refractivity contribution in [1.82, 2.24) is 10.3 Å². The molecule has 0 spiro atoms. The van der Waals surface area contributed by atoms with Crippen LogP contribution in [0.5, 0.6) is 0 Å². The van der Waals surface area contributed by atoms with Crippen LogP contribution in [-0.2, 0) is 9.59 Å².